The lowest BCUT2D eigenvalue weighted by Crippen LogP contribution is -2.65. The van der Waals surface area contributed by atoms with Crippen LogP contribution in [0, 0.1) is 19.8 Å². The molecule has 2 fully saturated rings. The second kappa shape index (κ2) is 7.06. The number of carbonyl (C=O) groups is 1. The highest BCUT2D eigenvalue weighted by atomic mass is 16.2. The first-order chi connectivity index (χ1) is 14.1. The number of aliphatic imine (C=N–C) groups is 2. The third-order valence-electron chi connectivity index (χ3n) is 6.07. The van der Waals surface area contributed by atoms with Crippen molar-refractivity contribution in [1.82, 2.24) is 14.9 Å². The number of carbonyl (C=O) groups excluding carboxylic acids is 1. The van der Waals surface area contributed by atoms with Crippen LogP contribution in [0.5, 0.6) is 0 Å². The van der Waals surface area contributed by atoms with E-state index in [0.717, 1.165) is 48.1 Å². The molecule has 5 rings (SSSR count). The maximum Gasteiger partial charge on any atom is 0.254 e. The fourth-order valence-corrected chi connectivity index (χ4v) is 4.57. The molecule has 0 saturated carbocycles. The third kappa shape index (κ3) is 3.20. The van der Waals surface area contributed by atoms with E-state index in [4.69, 9.17) is 0 Å². The van der Waals surface area contributed by atoms with Crippen molar-refractivity contribution in [2.24, 2.45) is 15.9 Å². The van der Waals surface area contributed by atoms with Crippen molar-refractivity contribution < 1.29 is 4.79 Å². The minimum atomic E-state index is 0.0711. The summed E-state index contributed by atoms with van der Waals surface area (Å²) in [5.74, 6) is 1.46. The lowest BCUT2D eigenvalue weighted by Gasteiger charge is -2.53. The van der Waals surface area contributed by atoms with Crippen molar-refractivity contribution in [1.29, 1.82) is 0 Å². The molecule has 1 aromatic carbocycles. The van der Waals surface area contributed by atoms with Crippen molar-refractivity contribution in [2.75, 3.05) is 31.1 Å². The molecule has 0 bridgehead atoms. The van der Waals surface area contributed by atoms with E-state index >= 15 is 0 Å². The molecule has 0 N–H and O–H groups in total. The van der Waals surface area contributed by atoms with Gasteiger partial charge in [0.05, 0.1) is 18.3 Å². The molecule has 0 spiro atoms. The second-order valence-electron chi connectivity index (χ2n) is 8.05. The van der Waals surface area contributed by atoms with E-state index in [1.807, 2.05) is 49.1 Å². The molecule has 1 aromatic heterocycles. The Morgan fingerprint density at radius 1 is 1.10 bits per heavy atom. The molecule has 2 saturated heterocycles. The van der Waals surface area contributed by atoms with Crippen molar-refractivity contribution in [3.63, 3.8) is 0 Å². The van der Waals surface area contributed by atoms with Gasteiger partial charge >= 0.3 is 0 Å². The summed E-state index contributed by atoms with van der Waals surface area (Å²) in [7, 11) is 0. The van der Waals surface area contributed by atoms with Crippen LogP contribution in [0.4, 0.5) is 5.95 Å². The van der Waals surface area contributed by atoms with E-state index in [1.165, 1.54) is 0 Å². The topological polar surface area (TPSA) is 74.1 Å². The number of piperidine rings is 1. The minimum absolute atomic E-state index is 0.0711. The number of nitrogens with zero attached hydrogens (tertiary/aromatic N) is 6. The van der Waals surface area contributed by atoms with E-state index in [-0.39, 0.29) is 11.9 Å². The Balaban J connectivity index is 1.36. The first-order valence-electron chi connectivity index (χ1n) is 10.1. The first-order valence-corrected chi connectivity index (χ1v) is 10.1. The van der Waals surface area contributed by atoms with Crippen LogP contribution in [0.3, 0.4) is 0 Å². The summed E-state index contributed by atoms with van der Waals surface area (Å²) in [4.78, 5) is 35.4. The normalized spacial score (nSPS) is 22.9. The highest BCUT2D eigenvalue weighted by Gasteiger charge is 2.45. The summed E-state index contributed by atoms with van der Waals surface area (Å²) >= 11 is 0. The van der Waals surface area contributed by atoms with E-state index in [0.29, 0.717) is 24.6 Å². The molecule has 7 heteroatoms. The highest BCUT2D eigenvalue weighted by Crippen LogP contribution is 2.35. The predicted octanol–water partition coefficient (Wildman–Crippen LogP) is 2.28. The van der Waals surface area contributed by atoms with Gasteiger partial charge < -0.3 is 9.80 Å². The number of likely N-dealkylation sites (tertiary alicyclic amines) is 1. The lowest BCUT2D eigenvalue weighted by molar-refractivity contribution is 0.0589. The van der Waals surface area contributed by atoms with Gasteiger partial charge in [-0.3, -0.25) is 9.79 Å². The van der Waals surface area contributed by atoms with Crippen molar-refractivity contribution in [3.8, 4) is 0 Å². The van der Waals surface area contributed by atoms with Crippen molar-refractivity contribution >= 4 is 23.9 Å². The number of aryl methyl sites for hydroxylation is 2. The average Bonchev–Trinajstić information content (AvgIpc) is 3.22. The molecule has 1 amide bonds. The van der Waals surface area contributed by atoms with Gasteiger partial charge in [0.1, 0.15) is 6.34 Å². The van der Waals surface area contributed by atoms with Crippen LogP contribution in [-0.2, 0) is 0 Å². The van der Waals surface area contributed by atoms with Crippen LogP contribution in [0.15, 0.2) is 40.3 Å². The molecule has 2 atom stereocenters. The van der Waals surface area contributed by atoms with E-state index in [9.17, 15) is 4.79 Å². The Labute approximate surface area is 170 Å². The predicted molar refractivity (Wildman–Crippen MR) is 113 cm³/mol. The van der Waals surface area contributed by atoms with Gasteiger partial charge in [-0.05, 0) is 32.4 Å². The Bertz CT molecular complexity index is 1010. The van der Waals surface area contributed by atoms with E-state index in [2.05, 4.69) is 24.9 Å². The molecule has 148 valence electrons. The molecule has 2 aromatic rings. The zero-order valence-corrected chi connectivity index (χ0v) is 16.7. The number of benzene rings is 1. The monoisotopic (exact) mass is 388 g/mol. The Morgan fingerprint density at radius 3 is 2.66 bits per heavy atom. The standard InChI is InChI=1S/C22H24N6O/c1-14-9-15(2)26-22(25-14)28-11-16-7-8-27(12-20(16)28)21(29)18-6-4-3-5-17(18)19-10-23-13-24-19/h3-6,9,13,16,20H,7-8,10-12H2,1-2H3/t16-,20-/m0/s1. The summed E-state index contributed by atoms with van der Waals surface area (Å²) in [6.07, 6.45) is 2.59. The molecule has 0 aliphatic carbocycles. The number of hydrogen-bond donors (Lipinski definition) is 0. The van der Waals surface area contributed by atoms with Crippen LogP contribution < -0.4 is 4.90 Å². The second-order valence-corrected chi connectivity index (χ2v) is 8.05. The number of hydrogen-bond acceptors (Lipinski definition) is 6. The summed E-state index contributed by atoms with van der Waals surface area (Å²) in [5, 5.41) is 0. The van der Waals surface area contributed by atoms with Gasteiger partial charge in [0.15, 0.2) is 0 Å². The third-order valence-corrected chi connectivity index (χ3v) is 6.07. The largest absolute Gasteiger partial charge is 0.337 e. The minimum Gasteiger partial charge on any atom is -0.337 e. The van der Waals surface area contributed by atoms with Crippen molar-refractivity contribution in [3.05, 3.63) is 52.8 Å². The summed E-state index contributed by atoms with van der Waals surface area (Å²) < 4.78 is 0. The highest BCUT2D eigenvalue weighted by molar-refractivity contribution is 6.14. The molecule has 0 radical (unpaired) electrons. The van der Waals surface area contributed by atoms with Gasteiger partial charge in [0.25, 0.3) is 5.91 Å². The number of aromatic nitrogens is 2. The molecule has 4 heterocycles. The molecular formula is C22H24N6O. The number of rotatable bonds is 3. The molecule has 3 aliphatic heterocycles. The fraction of sp³-hybridized carbons (Fsp3) is 0.409. The van der Waals surface area contributed by atoms with Crippen LogP contribution >= 0.6 is 0 Å². The van der Waals surface area contributed by atoms with Gasteiger partial charge in [0.2, 0.25) is 5.95 Å². The average molecular weight is 388 g/mol. The Hall–Kier alpha value is -3.09. The smallest absolute Gasteiger partial charge is 0.254 e. The van der Waals surface area contributed by atoms with Crippen LogP contribution in [0.2, 0.25) is 0 Å². The van der Waals surface area contributed by atoms with Gasteiger partial charge in [-0.1, -0.05) is 18.2 Å². The SMILES string of the molecule is Cc1cc(C)nc(N2C[C@@H]3CCN(C(=O)c4ccccc4C4=NC=NC4)C[C@@H]32)n1. The Kier molecular flexibility index (Phi) is 4.38. The van der Waals surface area contributed by atoms with Crippen LogP contribution in [-0.4, -0.2) is 65.0 Å². The maximum absolute atomic E-state index is 13.4. The van der Waals surface area contributed by atoms with E-state index < -0.39 is 0 Å². The lowest BCUT2D eigenvalue weighted by atomic mass is 9.82. The quantitative estimate of drug-likeness (QED) is 0.809. The zero-order chi connectivity index (χ0) is 20.0. The van der Waals surface area contributed by atoms with Gasteiger partial charge in [-0.15, -0.1) is 0 Å². The molecule has 7 nitrogen and oxygen atoms in total. The van der Waals surface area contributed by atoms with Crippen LogP contribution in [0.1, 0.15) is 33.7 Å². The van der Waals surface area contributed by atoms with Gasteiger partial charge in [-0.25, -0.2) is 15.0 Å². The molecule has 3 aliphatic rings. The summed E-state index contributed by atoms with van der Waals surface area (Å²) in [6, 6.07) is 10.0. The number of fused-ring (bicyclic) bond motifs is 1. The van der Waals surface area contributed by atoms with E-state index in [1.54, 1.807) is 6.34 Å². The molecule has 0 unspecified atom stereocenters. The number of anilines is 1. The Morgan fingerprint density at radius 2 is 1.90 bits per heavy atom. The first kappa shape index (κ1) is 18.0. The zero-order valence-electron chi connectivity index (χ0n) is 16.7. The molecular weight excluding hydrogens is 364 g/mol. The van der Waals surface area contributed by atoms with Crippen LogP contribution in [0.25, 0.3) is 0 Å². The summed E-state index contributed by atoms with van der Waals surface area (Å²) in [6.45, 7) is 7.00. The fourth-order valence-electron chi connectivity index (χ4n) is 4.57. The number of amides is 1. The molecule has 29 heavy (non-hydrogen) atoms. The van der Waals surface area contributed by atoms with Gasteiger partial charge in [0, 0.05) is 48.1 Å². The summed E-state index contributed by atoms with van der Waals surface area (Å²) in [5.41, 5.74) is 4.42. The maximum atomic E-state index is 13.4. The van der Waals surface area contributed by atoms with Crippen molar-refractivity contribution in [2.45, 2.75) is 26.3 Å². The van der Waals surface area contributed by atoms with Gasteiger partial charge in [-0.2, -0.15) is 0 Å².